The van der Waals surface area contributed by atoms with Crippen molar-refractivity contribution in [2.24, 2.45) is 0 Å². The third-order valence-corrected chi connectivity index (χ3v) is 1.78. The Morgan fingerprint density at radius 2 is 1.60 bits per heavy atom. The van der Waals surface area contributed by atoms with Gasteiger partial charge < -0.3 is 4.74 Å². The smallest absolute Gasteiger partial charge is 0.120 e. The molecule has 0 aliphatic rings. The van der Waals surface area contributed by atoms with E-state index in [1.165, 1.54) is 11.1 Å². The van der Waals surface area contributed by atoms with Crippen molar-refractivity contribution in [2.75, 3.05) is 6.61 Å². The van der Waals surface area contributed by atoms with Crippen molar-refractivity contribution < 1.29 is 4.74 Å². The van der Waals surface area contributed by atoms with E-state index in [0.717, 1.165) is 5.75 Å². The van der Waals surface area contributed by atoms with Gasteiger partial charge in [-0.3, -0.25) is 0 Å². The molecule has 0 aliphatic heterocycles. The SMILES string of the molecule is C/C=C/COc1cc(C)cc(C)c1.CC. The van der Waals surface area contributed by atoms with Crippen LogP contribution in [0.4, 0.5) is 0 Å². The fraction of sp³-hybridized carbons (Fsp3) is 0.429. The highest BCUT2D eigenvalue weighted by Gasteiger charge is 1.94. The van der Waals surface area contributed by atoms with Gasteiger partial charge in [-0.15, -0.1) is 0 Å². The summed E-state index contributed by atoms with van der Waals surface area (Å²) in [5.74, 6) is 0.954. The van der Waals surface area contributed by atoms with Gasteiger partial charge >= 0.3 is 0 Å². The van der Waals surface area contributed by atoms with Crippen molar-refractivity contribution in [1.29, 1.82) is 0 Å². The van der Waals surface area contributed by atoms with Gasteiger partial charge in [0.1, 0.15) is 12.4 Å². The van der Waals surface area contributed by atoms with Crippen molar-refractivity contribution in [3.05, 3.63) is 41.5 Å². The molecule has 0 aromatic heterocycles. The molecular weight excluding hydrogens is 184 g/mol. The van der Waals surface area contributed by atoms with Gasteiger partial charge in [-0.25, -0.2) is 0 Å². The summed E-state index contributed by atoms with van der Waals surface area (Å²) in [6.07, 6.45) is 3.99. The summed E-state index contributed by atoms with van der Waals surface area (Å²) in [7, 11) is 0. The summed E-state index contributed by atoms with van der Waals surface area (Å²) < 4.78 is 5.52. The lowest BCUT2D eigenvalue weighted by Crippen LogP contribution is -1.93. The number of hydrogen-bond donors (Lipinski definition) is 0. The van der Waals surface area contributed by atoms with Gasteiger partial charge in [-0.2, -0.15) is 0 Å². The van der Waals surface area contributed by atoms with Crippen LogP contribution >= 0.6 is 0 Å². The van der Waals surface area contributed by atoms with E-state index in [4.69, 9.17) is 4.74 Å². The van der Waals surface area contributed by atoms with Crippen LogP contribution in [-0.4, -0.2) is 6.61 Å². The second-order valence-electron chi connectivity index (χ2n) is 3.20. The van der Waals surface area contributed by atoms with Gasteiger partial charge in [-0.1, -0.05) is 32.1 Å². The van der Waals surface area contributed by atoms with E-state index in [0.29, 0.717) is 6.61 Å². The van der Waals surface area contributed by atoms with Crippen LogP contribution in [0.2, 0.25) is 0 Å². The summed E-state index contributed by atoms with van der Waals surface area (Å²) in [5.41, 5.74) is 2.49. The normalized spacial score (nSPS) is 9.67. The van der Waals surface area contributed by atoms with Crippen LogP contribution in [0.3, 0.4) is 0 Å². The first-order valence-electron chi connectivity index (χ1n) is 5.54. The number of allylic oxidation sites excluding steroid dienone is 1. The molecule has 0 bridgehead atoms. The van der Waals surface area contributed by atoms with Crippen molar-refractivity contribution in [3.8, 4) is 5.75 Å². The predicted octanol–water partition coefficient (Wildman–Crippen LogP) is 4.28. The maximum atomic E-state index is 5.52. The van der Waals surface area contributed by atoms with Gasteiger partial charge in [0.25, 0.3) is 0 Å². The molecule has 1 aromatic rings. The second kappa shape index (κ2) is 8.10. The molecule has 0 spiro atoms. The lowest BCUT2D eigenvalue weighted by molar-refractivity contribution is 0.362. The van der Waals surface area contributed by atoms with Crippen LogP contribution in [0.1, 0.15) is 31.9 Å². The largest absolute Gasteiger partial charge is 0.490 e. The molecular formula is C14H22O. The maximum Gasteiger partial charge on any atom is 0.120 e. The zero-order valence-electron chi connectivity index (χ0n) is 10.5. The van der Waals surface area contributed by atoms with E-state index in [1.54, 1.807) is 0 Å². The van der Waals surface area contributed by atoms with Crippen molar-refractivity contribution in [2.45, 2.75) is 34.6 Å². The fourth-order valence-electron chi connectivity index (χ4n) is 1.26. The molecule has 0 atom stereocenters. The van der Waals surface area contributed by atoms with Gasteiger partial charge in [0, 0.05) is 0 Å². The molecule has 0 fully saturated rings. The summed E-state index contributed by atoms with van der Waals surface area (Å²) in [5, 5.41) is 0. The quantitative estimate of drug-likeness (QED) is 0.670. The van der Waals surface area contributed by atoms with Crippen LogP contribution in [0.5, 0.6) is 5.75 Å². The van der Waals surface area contributed by atoms with E-state index in [-0.39, 0.29) is 0 Å². The third-order valence-electron chi connectivity index (χ3n) is 1.78. The topological polar surface area (TPSA) is 9.23 Å². The number of aryl methyl sites for hydroxylation is 2. The lowest BCUT2D eigenvalue weighted by Gasteiger charge is -2.05. The number of hydrogen-bond acceptors (Lipinski definition) is 1. The average Bonchev–Trinajstić information content (AvgIpc) is 2.20. The van der Waals surface area contributed by atoms with E-state index >= 15 is 0 Å². The minimum absolute atomic E-state index is 0.652. The highest BCUT2D eigenvalue weighted by molar-refractivity contribution is 5.33. The average molecular weight is 206 g/mol. The molecule has 84 valence electrons. The summed E-state index contributed by atoms with van der Waals surface area (Å²) in [6.45, 7) is 10.8. The number of benzene rings is 1. The van der Waals surface area contributed by atoms with Crippen LogP contribution < -0.4 is 4.74 Å². The first kappa shape index (κ1) is 13.8. The second-order valence-corrected chi connectivity index (χ2v) is 3.20. The monoisotopic (exact) mass is 206 g/mol. The van der Waals surface area contributed by atoms with Crippen molar-refractivity contribution in [1.82, 2.24) is 0 Å². The molecule has 0 unspecified atom stereocenters. The first-order valence-corrected chi connectivity index (χ1v) is 5.54. The Morgan fingerprint density at radius 3 is 2.07 bits per heavy atom. The molecule has 1 aromatic carbocycles. The molecule has 0 heterocycles. The Balaban J connectivity index is 0.000000921. The standard InChI is InChI=1S/C12H16O.C2H6/c1-4-5-6-13-12-8-10(2)7-11(3)9-12;1-2/h4-5,7-9H,6H2,1-3H3;1-2H3/b5-4+;. The van der Waals surface area contributed by atoms with E-state index in [1.807, 2.05) is 32.9 Å². The fourth-order valence-corrected chi connectivity index (χ4v) is 1.26. The molecule has 0 amide bonds. The highest BCUT2D eigenvalue weighted by atomic mass is 16.5. The lowest BCUT2D eigenvalue weighted by atomic mass is 10.1. The van der Waals surface area contributed by atoms with Gasteiger partial charge in [0.15, 0.2) is 0 Å². The summed E-state index contributed by atoms with van der Waals surface area (Å²) >= 11 is 0. The Labute approximate surface area is 93.8 Å². The van der Waals surface area contributed by atoms with Crippen LogP contribution in [0, 0.1) is 13.8 Å². The van der Waals surface area contributed by atoms with Crippen molar-refractivity contribution >= 4 is 0 Å². The summed E-state index contributed by atoms with van der Waals surface area (Å²) in [6, 6.07) is 6.25. The van der Waals surface area contributed by atoms with Crippen LogP contribution in [0.15, 0.2) is 30.4 Å². The Bertz CT molecular complexity index is 280. The predicted molar refractivity (Wildman–Crippen MR) is 67.6 cm³/mol. The van der Waals surface area contributed by atoms with E-state index < -0.39 is 0 Å². The third kappa shape index (κ3) is 5.95. The number of ether oxygens (including phenoxy) is 1. The molecule has 0 N–H and O–H groups in total. The molecule has 0 saturated heterocycles. The molecule has 1 rings (SSSR count). The molecule has 15 heavy (non-hydrogen) atoms. The summed E-state index contributed by atoms with van der Waals surface area (Å²) in [4.78, 5) is 0. The Morgan fingerprint density at radius 1 is 1.07 bits per heavy atom. The zero-order valence-corrected chi connectivity index (χ0v) is 10.5. The van der Waals surface area contributed by atoms with Crippen LogP contribution in [-0.2, 0) is 0 Å². The molecule has 0 radical (unpaired) electrons. The molecule has 1 nitrogen and oxygen atoms in total. The van der Waals surface area contributed by atoms with Crippen molar-refractivity contribution in [3.63, 3.8) is 0 Å². The molecule has 0 aliphatic carbocycles. The van der Waals surface area contributed by atoms with Gasteiger partial charge in [0.05, 0.1) is 0 Å². The van der Waals surface area contributed by atoms with Gasteiger partial charge in [0.2, 0.25) is 0 Å². The number of rotatable bonds is 3. The Hall–Kier alpha value is -1.24. The molecule has 0 saturated carbocycles. The van der Waals surface area contributed by atoms with E-state index in [9.17, 15) is 0 Å². The zero-order chi connectivity index (χ0) is 11.7. The molecule has 1 heteroatoms. The Kier molecular flexibility index (Phi) is 7.43. The highest BCUT2D eigenvalue weighted by Crippen LogP contribution is 2.15. The first-order chi connectivity index (χ1) is 7.22. The van der Waals surface area contributed by atoms with Gasteiger partial charge in [-0.05, 0) is 44.0 Å². The maximum absolute atomic E-state index is 5.52. The minimum Gasteiger partial charge on any atom is -0.490 e. The van der Waals surface area contributed by atoms with E-state index in [2.05, 4.69) is 32.0 Å². The van der Waals surface area contributed by atoms with Crippen LogP contribution in [0.25, 0.3) is 0 Å². The minimum atomic E-state index is 0.652.